The molecule has 1 aromatic rings. The molecule has 0 heterocycles. The molecule has 2 nitrogen and oxygen atoms in total. The van der Waals surface area contributed by atoms with Gasteiger partial charge in [-0.2, -0.15) is 0 Å². The van der Waals surface area contributed by atoms with Crippen LogP contribution in [0, 0.1) is 8.99 Å². The molecule has 0 radical (unpaired) electrons. The van der Waals surface area contributed by atoms with E-state index < -0.39 is 0 Å². The Morgan fingerprint density at radius 2 is 2.07 bits per heavy atom. The zero-order valence-corrected chi connectivity index (χ0v) is 11.8. The number of benzene rings is 1. The van der Waals surface area contributed by atoms with Crippen LogP contribution in [-0.4, -0.2) is 6.54 Å². The summed E-state index contributed by atoms with van der Waals surface area (Å²) >= 11 is 2.27. The SMILES string of the molecule is CCC(C)(C)CNc1ccc(I)cc1N. The average Bonchev–Trinajstić information content (AvgIpc) is 2.16. The molecule has 0 bridgehead atoms. The van der Waals surface area contributed by atoms with Gasteiger partial charge in [0.05, 0.1) is 11.4 Å². The summed E-state index contributed by atoms with van der Waals surface area (Å²) in [6.45, 7) is 7.67. The molecule has 3 N–H and O–H groups in total. The number of anilines is 2. The van der Waals surface area contributed by atoms with E-state index in [0.717, 1.165) is 24.3 Å². The molecule has 0 aromatic heterocycles. The van der Waals surface area contributed by atoms with E-state index in [1.165, 1.54) is 3.57 Å². The summed E-state index contributed by atoms with van der Waals surface area (Å²) in [6.07, 6.45) is 1.16. The van der Waals surface area contributed by atoms with Gasteiger partial charge in [-0.15, -0.1) is 0 Å². The number of hydrogen-bond donors (Lipinski definition) is 2. The Morgan fingerprint density at radius 1 is 1.40 bits per heavy atom. The van der Waals surface area contributed by atoms with E-state index in [1.54, 1.807) is 0 Å². The number of rotatable bonds is 4. The van der Waals surface area contributed by atoms with E-state index in [0.29, 0.717) is 5.41 Å². The van der Waals surface area contributed by atoms with E-state index in [4.69, 9.17) is 5.73 Å². The van der Waals surface area contributed by atoms with Gasteiger partial charge in [0, 0.05) is 10.1 Å². The Bertz CT molecular complexity index is 334. The highest BCUT2D eigenvalue weighted by atomic mass is 127. The van der Waals surface area contributed by atoms with Gasteiger partial charge in [0.25, 0.3) is 0 Å². The summed E-state index contributed by atoms with van der Waals surface area (Å²) in [7, 11) is 0. The first-order valence-corrected chi connectivity index (χ1v) is 6.31. The Kier molecular flexibility index (Phi) is 4.25. The van der Waals surface area contributed by atoms with Crippen molar-refractivity contribution < 1.29 is 0 Å². The van der Waals surface area contributed by atoms with Crippen LogP contribution < -0.4 is 11.1 Å². The van der Waals surface area contributed by atoms with Crippen molar-refractivity contribution in [2.75, 3.05) is 17.6 Å². The highest BCUT2D eigenvalue weighted by molar-refractivity contribution is 14.1. The van der Waals surface area contributed by atoms with E-state index in [9.17, 15) is 0 Å². The van der Waals surface area contributed by atoms with E-state index in [-0.39, 0.29) is 0 Å². The average molecular weight is 318 g/mol. The lowest BCUT2D eigenvalue weighted by Crippen LogP contribution is -2.22. The fourth-order valence-electron chi connectivity index (χ4n) is 1.15. The van der Waals surface area contributed by atoms with Crippen molar-refractivity contribution in [2.24, 2.45) is 5.41 Å². The number of nitrogen functional groups attached to an aromatic ring is 1. The number of hydrogen-bond acceptors (Lipinski definition) is 2. The van der Waals surface area contributed by atoms with Crippen molar-refractivity contribution in [3.63, 3.8) is 0 Å². The second kappa shape index (κ2) is 5.05. The molecule has 1 aromatic carbocycles. The third-order valence-corrected chi connectivity index (χ3v) is 3.40. The minimum Gasteiger partial charge on any atom is -0.397 e. The molecule has 0 aliphatic heterocycles. The molecule has 0 spiro atoms. The third kappa shape index (κ3) is 3.89. The van der Waals surface area contributed by atoms with Crippen molar-refractivity contribution in [3.05, 3.63) is 21.8 Å². The van der Waals surface area contributed by atoms with Gasteiger partial charge in [0.2, 0.25) is 0 Å². The molecule has 0 fully saturated rings. The Hall–Kier alpha value is -0.450. The molecule has 0 amide bonds. The third-order valence-electron chi connectivity index (χ3n) is 2.73. The molecule has 1 rings (SSSR count). The van der Waals surface area contributed by atoms with E-state index in [2.05, 4.69) is 54.7 Å². The van der Waals surface area contributed by atoms with Crippen LogP contribution in [0.2, 0.25) is 0 Å². The lowest BCUT2D eigenvalue weighted by molar-refractivity contribution is 0.377. The molecule has 3 heteroatoms. The van der Waals surface area contributed by atoms with E-state index >= 15 is 0 Å². The smallest absolute Gasteiger partial charge is 0.0574 e. The molecule has 0 saturated carbocycles. The normalized spacial score (nSPS) is 11.5. The van der Waals surface area contributed by atoms with Gasteiger partial charge in [-0.05, 0) is 52.6 Å². The highest BCUT2D eigenvalue weighted by Gasteiger charge is 2.14. The van der Waals surface area contributed by atoms with Crippen LogP contribution in [0.5, 0.6) is 0 Å². The predicted octanol–water partition coefficient (Wildman–Crippen LogP) is 3.72. The topological polar surface area (TPSA) is 38.0 Å². The number of nitrogens with two attached hydrogens (primary N) is 1. The second-order valence-corrected chi connectivity index (χ2v) is 5.85. The standard InChI is InChI=1S/C12H19IN2/c1-4-12(2,3)8-15-11-6-5-9(13)7-10(11)14/h5-7,15H,4,8,14H2,1-3H3. The van der Waals surface area contributed by atoms with Crippen LogP contribution in [0.3, 0.4) is 0 Å². The van der Waals surface area contributed by atoms with Crippen LogP contribution >= 0.6 is 22.6 Å². The van der Waals surface area contributed by atoms with Crippen LogP contribution in [0.1, 0.15) is 27.2 Å². The maximum atomic E-state index is 5.92. The first kappa shape index (κ1) is 12.6. The van der Waals surface area contributed by atoms with Gasteiger partial charge < -0.3 is 11.1 Å². The summed E-state index contributed by atoms with van der Waals surface area (Å²) in [5, 5.41) is 3.40. The minimum absolute atomic E-state index is 0.315. The molecule has 0 aliphatic rings. The van der Waals surface area contributed by atoms with Gasteiger partial charge in [-0.3, -0.25) is 0 Å². The first-order chi connectivity index (χ1) is 6.94. The summed E-state index contributed by atoms with van der Waals surface area (Å²) in [5.74, 6) is 0. The highest BCUT2D eigenvalue weighted by Crippen LogP contribution is 2.24. The second-order valence-electron chi connectivity index (χ2n) is 4.60. The molecule has 84 valence electrons. The van der Waals surface area contributed by atoms with Crippen LogP contribution in [0.15, 0.2) is 18.2 Å². The van der Waals surface area contributed by atoms with Gasteiger partial charge in [0.1, 0.15) is 0 Å². The monoisotopic (exact) mass is 318 g/mol. The van der Waals surface area contributed by atoms with Gasteiger partial charge in [-0.25, -0.2) is 0 Å². The molecule has 0 unspecified atom stereocenters. The zero-order valence-electron chi connectivity index (χ0n) is 9.60. The Labute approximate surface area is 106 Å². The lowest BCUT2D eigenvalue weighted by Gasteiger charge is -2.24. The molecular weight excluding hydrogens is 299 g/mol. The number of halogens is 1. The van der Waals surface area contributed by atoms with Gasteiger partial charge >= 0.3 is 0 Å². The quantitative estimate of drug-likeness (QED) is 0.656. The Balaban J connectivity index is 2.66. The number of nitrogens with one attached hydrogen (secondary N) is 1. The van der Waals surface area contributed by atoms with Crippen molar-refractivity contribution in [3.8, 4) is 0 Å². The first-order valence-electron chi connectivity index (χ1n) is 5.23. The summed E-state index contributed by atoms with van der Waals surface area (Å²) < 4.78 is 1.17. The van der Waals surface area contributed by atoms with Crippen LogP contribution in [0.25, 0.3) is 0 Å². The molecular formula is C12H19IN2. The molecule has 0 aliphatic carbocycles. The summed E-state index contributed by atoms with van der Waals surface area (Å²) in [5.41, 5.74) is 8.11. The summed E-state index contributed by atoms with van der Waals surface area (Å²) in [4.78, 5) is 0. The maximum absolute atomic E-state index is 5.92. The minimum atomic E-state index is 0.315. The maximum Gasteiger partial charge on any atom is 0.0574 e. The van der Waals surface area contributed by atoms with Crippen molar-refractivity contribution in [2.45, 2.75) is 27.2 Å². The van der Waals surface area contributed by atoms with Crippen LogP contribution in [0.4, 0.5) is 11.4 Å². The van der Waals surface area contributed by atoms with Crippen LogP contribution in [-0.2, 0) is 0 Å². The Morgan fingerprint density at radius 3 is 2.60 bits per heavy atom. The van der Waals surface area contributed by atoms with Crippen molar-refractivity contribution >= 4 is 34.0 Å². The summed E-state index contributed by atoms with van der Waals surface area (Å²) in [6, 6.07) is 6.10. The van der Waals surface area contributed by atoms with Gasteiger partial charge in [-0.1, -0.05) is 20.8 Å². The predicted molar refractivity (Wildman–Crippen MR) is 76.1 cm³/mol. The molecule has 15 heavy (non-hydrogen) atoms. The van der Waals surface area contributed by atoms with E-state index in [1.807, 2.05) is 12.1 Å². The lowest BCUT2D eigenvalue weighted by atomic mass is 9.90. The van der Waals surface area contributed by atoms with Crippen molar-refractivity contribution in [1.29, 1.82) is 0 Å². The molecule has 0 saturated heterocycles. The molecule has 0 atom stereocenters. The fourth-order valence-corrected chi connectivity index (χ4v) is 1.67. The zero-order chi connectivity index (χ0) is 11.5. The van der Waals surface area contributed by atoms with Gasteiger partial charge in [0.15, 0.2) is 0 Å². The largest absolute Gasteiger partial charge is 0.397 e. The van der Waals surface area contributed by atoms with Crippen molar-refractivity contribution in [1.82, 2.24) is 0 Å². The fraction of sp³-hybridized carbons (Fsp3) is 0.500.